The molecule has 2 saturated heterocycles. The molecule has 3 amide bonds. The van der Waals surface area contributed by atoms with E-state index in [-0.39, 0.29) is 29.9 Å². The number of imide groups is 1. The molecule has 0 atom stereocenters. The summed E-state index contributed by atoms with van der Waals surface area (Å²) in [5, 5.41) is 0.416. The number of hydrogen-bond acceptors (Lipinski definition) is 6. The van der Waals surface area contributed by atoms with Crippen molar-refractivity contribution in [3.8, 4) is 0 Å². The summed E-state index contributed by atoms with van der Waals surface area (Å²) < 4.78 is 6.83. The Kier molecular flexibility index (Phi) is 7.17. The van der Waals surface area contributed by atoms with Gasteiger partial charge in [0.2, 0.25) is 5.91 Å². The number of carbonyl (C=O) groups is 4. The molecule has 1 aromatic carbocycles. The number of thioether (sulfide) groups is 1. The van der Waals surface area contributed by atoms with E-state index in [0.29, 0.717) is 19.7 Å². The van der Waals surface area contributed by atoms with Crippen molar-refractivity contribution in [3.63, 3.8) is 0 Å². The Labute approximate surface area is 196 Å². The van der Waals surface area contributed by atoms with Gasteiger partial charge in [0.1, 0.15) is 13.1 Å². The van der Waals surface area contributed by atoms with Gasteiger partial charge in [-0.25, -0.2) is 0 Å². The van der Waals surface area contributed by atoms with E-state index in [1.807, 2.05) is 24.3 Å². The van der Waals surface area contributed by atoms with Gasteiger partial charge in [0.25, 0.3) is 11.1 Å². The zero-order valence-corrected chi connectivity index (χ0v) is 19.4. The van der Waals surface area contributed by atoms with Crippen LogP contribution in [0.25, 0.3) is 17.0 Å². The van der Waals surface area contributed by atoms with E-state index in [4.69, 9.17) is 4.74 Å². The maximum absolute atomic E-state index is 13.0. The van der Waals surface area contributed by atoms with Crippen LogP contribution in [0.3, 0.4) is 0 Å². The topological polar surface area (TPSA) is 88.9 Å². The molecule has 9 heteroatoms. The molecule has 2 aromatic rings. The fourth-order valence-electron chi connectivity index (χ4n) is 4.20. The highest BCUT2D eigenvalue weighted by Gasteiger charge is 2.37. The molecule has 3 heterocycles. The smallest absolute Gasteiger partial charge is 0.325 e. The molecule has 174 valence electrons. The number of aromatic nitrogens is 1. The highest BCUT2D eigenvalue weighted by Crippen LogP contribution is 2.34. The molecule has 2 aliphatic heterocycles. The molecule has 1 aromatic heterocycles. The summed E-state index contributed by atoms with van der Waals surface area (Å²) in [7, 11) is 0. The van der Waals surface area contributed by atoms with Crippen LogP contribution in [0.5, 0.6) is 0 Å². The van der Waals surface area contributed by atoms with Gasteiger partial charge in [-0.3, -0.25) is 24.1 Å². The lowest BCUT2D eigenvalue weighted by atomic mass is 10.1. The van der Waals surface area contributed by atoms with Crippen LogP contribution in [0.4, 0.5) is 4.79 Å². The SMILES string of the molecule is CCOC(=O)Cn1cc(C=C2SC(=O)N(CC(=O)N3CCCCCC3)C2=O)c2ccccc21. The van der Waals surface area contributed by atoms with Crippen LogP contribution in [0.15, 0.2) is 35.4 Å². The van der Waals surface area contributed by atoms with Crippen LogP contribution >= 0.6 is 11.8 Å². The summed E-state index contributed by atoms with van der Waals surface area (Å²) in [5.41, 5.74) is 1.55. The fourth-order valence-corrected chi connectivity index (χ4v) is 5.03. The summed E-state index contributed by atoms with van der Waals surface area (Å²) >= 11 is 0.836. The van der Waals surface area contributed by atoms with Crippen LogP contribution in [-0.4, -0.2) is 63.6 Å². The van der Waals surface area contributed by atoms with Gasteiger partial charge in [-0.1, -0.05) is 31.0 Å². The van der Waals surface area contributed by atoms with Crippen LogP contribution < -0.4 is 0 Å². The van der Waals surface area contributed by atoms with Gasteiger partial charge in [-0.05, 0) is 43.7 Å². The molecule has 0 aliphatic carbocycles. The molecule has 2 fully saturated rings. The Morgan fingerprint density at radius 2 is 1.79 bits per heavy atom. The van der Waals surface area contributed by atoms with E-state index in [1.54, 1.807) is 28.7 Å². The molecule has 0 bridgehead atoms. The number of amides is 3. The second kappa shape index (κ2) is 10.2. The molecular weight excluding hydrogens is 442 g/mol. The lowest BCUT2D eigenvalue weighted by Gasteiger charge is -2.22. The highest BCUT2D eigenvalue weighted by atomic mass is 32.2. The number of benzene rings is 1. The minimum absolute atomic E-state index is 0.0496. The van der Waals surface area contributed by atoms with Crippen molar-refractivity contribution in [1.82, 2.24) is 14.4 Å². The number of rotatable bonds is 6. The summed E-state index contributed by atoms with van der Waals surface area (Å²) in [5.74, 6) is -1.00. The number of likely N-dealkylation sites (tertiary alicyclic amines) is 1. The number of ether oxygens (including phenoxy) is 1. The van der Waals surface area contributed by atoms with Gasteiger partial charge in [0.05, 0.1) is 11.5 Å². The number of carbonyl (C=O) groups excluding carboxylic acids is 4. The standard InChI is InChI=1S/C24H27N3O5S/c1-2-32-22(29)16-26-14-17(18-9-5-6-10-19(18)26)13-20-23(30)27(24(31)33-20)15-21(28)25-11-7-3-4-8-12-25/h5-6,9-10,13-14H,2-4,7-8,11-12,15-16H2,1H3. The number of fused-ring (bicyclic) bond motifs is 1. The normalized spacial score (nSPS) is 18.3. The molecule has 0 unspecified atom stereocenters. The van der Waals surface area contributed by atoms with Crippen molar-refractivity contribution < 1.29 is 23.9 Å². The first-order valence-corrected chi connectivity index (χ1v) is 12.1. The van der Waals surface area contributed by atoms with E-state index in [2.05, 4.69) is 0 Å². The van der Waals surface area contributed by atoms with E-state index in [0.717, 1.165) is 58.8 Å². The second-order valence-corrected chi connectivity index (χ2v) is 9.09. The Hall–Kier alpha value is -3.07. The van der Waals surface area contributed by atoms with Gasteiger partial charge >= 0.3 is 5.97 Å². The van der Waals surface area contributed by atoms with Crippen molar-refractivity contribution in [3.05, 3.63) is 40.9 Å². The third kappa shape index (κ3) is 5.13. The van der Waals surface area contributed by atoms with Gasteiger partial charge in [0, 0.05) is 35.8 Å². The van der Waals surface area contributed by atoms with Crippen LogP contribution in [0.1, 0.15) is 38.2 Å². The number of hydrogen-bond donors (Lipinski definition) is 0. The Morgan fingerprint density at radius 3 is 2.52 bits per heavy atom. The van der Waals surface area contributed by atoms with Gasteiger partial charge < -0.3 is 14.2 Å². The Morgan fingerprint density at radius 1 is 1.06 bits per heavy atom. The zero-order chi connectivity index (χ0) is 23.4. The quantitative estimate of drug-likeness (QED) is 0.474. The number of nitrogens with zero attached hydrogens (tertiary/aromatic N) is 3. The third-order valence-electron chi connectivity index (χ3n) is 5.84. The Balaban J connectivity index is 1.54. The number of esters is 1. The summed E-state index contributed by atoms with van der Waals surface area (Å²) in [6.07, 6.45) is 7.52. The minimum Gasteiger partial charge on any atom is -0.465 e. The molecule has 2 aliphatic rings. The molecular formula is C24H27N3O5S. The maximum Gasteiger partial charge on any atom is 0.325 e. The van der Waals surface area contributed by atoms with Crippen molar-refractivity contribution in [2.75, 3.05) is 26.2 Å². The fraction of sp³-hybridized carbons (Fsp3) is 0.417. The van der Waals surface area contributed by atoms with Crippen molar-refractivity contribution in [2.24, 2.45) is 0 Å². The predicted molar refractivity (Wildman–Crippen MR) is 126 cm³/mol. The lowest BCUT2D eigenvalue weighted by molar-refractivity contribution is -0.143. The average molecular weight is 470 g/mol. The first-order chi connectivity index (χ1) is 16.0. The summed E-state index contributed by atoms with van der Waals surface area (Å²) in [4.78, 5) is 53.3. The molecule has 33 heavy (non-hydrogen) atoms. The second-order valence-electron chi connectivity index (χ2n) is 8.10. The monoisotopic (exact) mass is 469 g/mol. The van der Waals surface area contributed by atoms with Crippen LogP contribution in [-0.2, 0) is 25.7 Å². The Bertz CT molecular complexity index is 1110. The van der Waals surface area contributed by atoms with Gasteiger partial charge in [0.15, 0.2) is 0 Å². The molecule has 0 saturated carbocycles. The van der Waals surface area contributed by atoms with E-state index in [9.17, 15) is 19.2 Å². The number of para-hydroxylation sites is 1. The van der Waals surface area contributed by atoms with Crippen molar-refractivity contribution >= 4 is 51.8 Å². The van der Waals surface area contributed by atoms with Crippen molar-refractivity contribution in [1.29, 1.82) is 0 Å². The molecule has 4 rings (SSSR count). The summed E-state index contributed by atoms with van der Waals surface area (Å²) in [6, 6.07) is 7.53. The first-order valence-electron chi connectivity index (χ1n) is 11.2. The largest absolute Gasteiger partial charge is 0.465 e. The lowest BCUT2D eigenvalue weighted by Crippen LogP contribution is -2.42. The van der Waals surface area contributed by atoms with Gasteiger partial charge in [-0.15, -0.1) is 0 Å². The summed E-state index contributed by atoms with van der Waals surface area (Å²) in [6.45, 7) is 3.22. The zero-order valence-electron chi connectivity index (χ0n) is 18.6. The van der Waals surface area contributed by atoms with E-state index >= 15 is 0 Å². The van der Waals surface area contributed by atoms with E-state index in [1.165, 1.54) is 0 Å². The van der Waals surface area contributed by atoms with Crippen LogP contribution in [0, 0.1) is 0 Å². The van der Waals surface area contributed by atoms with E-state index < -0.39 is 11.1 Å². The van der Waals surface area contributed by atoms with Crippen molar-refractivity contribution in [2.45, 2.75) is 39.2 Å². The molecule has 0 spiro atoms. The highest BCUT2D eigenvalue weighted by molar-refractivity contribution is 8.18. The predicted octanol–water partition coefficient (Wildman–Crippen LogP) is 3.64. The average Bonchev–Trinajstić information content (AvgIpc) is 3.11. The first kappa shape index (κ1) is 23.1. The van der Waals surface area contributed by atoms with Gasteiger partial charge in [-0.2, -0.15) is 0 Å². The minimum atomic E-state index is -0.463. The molecule has 8 nitrogen and oxygen atoms in total. The van der Waals surface area contributed by atoms with Crippen LogP contribution in [0.2, 0.25) is 0 Å². The molecule has 0 N–H and O–H groups in total. The third-order valence-corrected chi connectivity index (χ3v) is 6.74. The molecule has 0 radical (unpaired) electrons. The maximum atomic E-state index is 13.0.